The van der Waals surface area contributed by atoms with Crippen LogP contribution in [0.1, 0.15) is 30.6 Å². The first kappa shape index (κ1) is 18.9. The molecule has 8 heteroatoms. The number of ketones is 1. The number of carbonyl (C=O) groups is 2. The summed E-state index contributed by atoms with van der Waals surface area (Å²) in [5, 5.41) is 6.14. The van der Waals surface area contributed by atoms with Crippen molar-refractivity contribution in [1.82, 2.24) is 9.97 Å². The maximum absolute atomic E-state index is 11.4. The number of nitrogens with one attached hydrogen (secondary N) is 2. The Morgan fingerprint density at radius 2 is 1.96 bits per heavy atom. The molecular weight excluding hydrogens is 388 g/mol. The van der Waals surface area contributed by atoms with Gasteiger partial charge in [-0.05, 0) is 54.0 Å². The highest BCUT2D eigenvalue weighted by Crippen LogP contribution is 2.22. The van der Waals surface area contributed by atoms with Gasteiger partial charge in [0.15, 0.2) is 5.78 Å². The fourth-order valence-corrected chi connectivity index (χ4v) is 2.32. The average Bonchev–Trinajstić information content (AvgIpc) is 2.58. The summed E-state index contributed by atoms with van der Waals surface area (Å²) >= 11 is 3.37. The first-order valence-electron chi connectivity index (χ1n) is 7.79. The van der Waals surface area contributed by atoms with E-state index in [9.17, 15) is 9.59 Å². The van der Waals surface area contributed by atoms with Crippen LogP contribution in [0.4, 0.5) is 17.5 Å². The van der Waals surface area contributed by atoms with Gasteiger partial charge in [0, 0.05) is 24.0 Å². The molecule has 132 valence electrons. The third-order valence-corrected chi connectivity index (χ3v) is 3.80. The molecule has 0 spiro atoms. The zero-order valence-corrected chi connectivity index (χ0v) is 15.6. The quantitative estimate of drug-likeness (QED) is 0.511. The van der Waals surface area contributed by atoms with Gasteiger partial charge in [-0.15, -0.1) is 0 Å². The first-order valence-corrected chi connectivity index (χ1v) is 8.59. The van der Waals surface area contributed by atoms with Gasteiger partial charge in [-0.1, -0.05) is 0 Å². The van der Waals surface area contributed by atoms with Crippen LogP contribution in [-0.4, -0.2) is 34.9 Å². The van der Waals surface area contributed by atoms with Gasteiger partial charge in [0.25, 0.3) is 0 Å². The highest BCUT2D eigenvalue weighted by molar-refractivity contribution is 9.10. The maximum atomic E-state index is 11.4. The molecule has 1 heterocycles. The van der Waals surface area contributed by atoms with E-state index in [4.69, 9.17) is 4.74 Å². The summed E-state index contributed by atoms with van der Waals surface area (Å²) in [4.78, 5) is 31.2. The molecular formula is C17H19BrN4O3. The summed E-state index contributed by atoms with van der Waals surface area (Å²) in [6.07, 6.45) is 1.87. The van der Waals surface area contributed by atoms with Crippen molar-refractivity contribution in [2.75, 3.05) is 23.8 Å². The summed E-state index contributed by atoms with van der Waals surface area (Å²) in [7, 11) is 0. The summed E-state index contributed by atoms with van der Waals surface area (Å²) < 4.78 is 5.57. The van der Waals surface area contributed by atoms with Crippen LogP contribution >= 0.6 is 15.9 Å². The van der Waals surface area contributed by atoms with E-state index >= 15 is 0 Å². The third kappa shape index (κ3) is 5.82. The Balaban J connectivity index is 2.00. The first-order chi connectivity index (χ1) is 12.0. The van der Waals surface area contributed by atoms with Crippen molar-refractivity contribution in [2.24, 2.45) is 0 Å². The van der Waals surface area contributed by atoms with Gasteiger partial charge in [-0.25, -0.2) is 4.98 Å². The van der Waals surface area contributed by atoms with Crippen molar-refractivity contribution in [3.8, 4) is 0 Å². The largest absolute Gasteiger partial charge is 0.466 e. The topological polar surface area (TPSA) is 93.2 Å². The molecule has 0 aliphatic carbocycles. The van der Waals surface area contributed by atoms with Gasteiger partial charge in [0.05, 0.1) is 17.5 Å². The smallest absolute Gasteiger partial charge is 0.307 e. The Hall–Kier alpha value is -2.48. The molecule has 0 amide bonds. The predicted molar refractivity (Wildman–Crippen MR) is 99.2 cm³/mol. The van der Waals surface area contributed by atoms with Crippen LogP contribution in [0.2, 0.25) is 0 Å². The van der Waals surface area contributed by atoms with Gasteiger partial charge in [-0.2, -0.15) is 4.98 Å². The summed E-state index contributed by atoms with van der Waals surface area (Å²) in [5.74, 6) is 0.725. The minimum absolute atomic E-state index is 0.0135. The van der Waals surface area contributed by atoms with E-state index in [0.29, 0.717) is 35.0 Å². The van der Waals surface area contributed by atoms with Crippen LogP contribution in [0, 0.1) is 0 Å². The molecule has 2 aromatic rings. The fraction of sp³-hybridized carbons (Fsp3) is 0.294. The molecule has 0 aliphatic heterocycles. The standard InChI is InChI=1S/C17H19BrN4O3/c1-3-25-15(24)8-9-19-16-14(18)10-20-17(22-16)21-13-6-4-12(5-7-13)11(2)23/h4-7,10H,3,8-9H2,1-2H3,(H2,19,20,21,22). The lowest BCUT2D eigenvalue weighted by Gasteiger charge is -2.10. The number of ether oxygens (including phenoxy) is 1. The molecule has 25 heavy (non-hydrogen) atoms. The van der Waals surface area contributed by atoms with E-state index < -0.39 is 0 Å². The molecule has 0 atom stereocenters. The molecule has 0 aliphatic rings. The number of aromatic nitrogens is 2. The van der Waals surface area contributed by atoms with Crippen LogP contribution in [0.5, 0.6) is 0 Å². The molecule has 2 rings (SSSR count). The third-order valence-electron chi connectivity index (χ3n) is 3.22. The summed E-state index contributed by atoms with van der Waals surface area (Å²) in [5.41, 5.74) is 1.41. The van der Waals surface area contributed by atoms with Crippen LogP contribution < -0.4 is 10.6 Å². The van der Waals surface area contributed by atoms with E-state index in [-0.39, 0.29) is 18.2 Å². The lowest BCUT2D eigenvalue weighted by Crippen LogP contribution is -2.12. The van der Waals surface area contributed by atoms with Crippen molar-refractivity contribution < 1.29 is 14.3 Å². The van der Waals surface area contributed by atoms with Crippen LogP contribution in [-0.2, 0) is 9.53 Å². The van der Waals surface area contributed by atoms with Gasteiger partial charge in [0.2, 0.25) is 5.95 Å². The Morgan fingerprint density at radius 3 is 2.60 bits per heavy atom. The van der Waals surface area contributed by atoms with Gasteiger partial charge in [-0.3, -0.25) is 9.59 Å². The lowest BCUT2D eigenvalue weighted by atomic mass is 10.1. The van der Waals surface area contributed by atoms with Crippen LogP contribution in [0.15, 0.2) is 34.9 Å². The van der Waals surface area contributed by atoms with Crippen molar-refractivity contribution in [3.05, 3.63) is 40.5 Å². The zero-order valence-electron chi connectivity index (χ0n) is 14.0. The molecule has 1 aromatic heterocycles. The van der Waals surface area contributed by atoms with Gasteiger partial charge < -0.3 is 15.4 Å². The zero-order chi connectivity index (χ0) is 18.2. The number of rotatable bonds is 8. The number of halogens is 1. The van der Waals surface area contributed by atoms with Crippen molar-refractivity contribution in [3.63, 3.8) is 0 Å². The van der Waals surface area contributed by atoms with Gasteiger partial charge >= 0.3 is 5.97 Å². The minimum atomic E-state index is -0.260. The second kappa shape index (κ2) is 9.12. The number of esters is 1. The molecule has 0 saturated heterocycles. The Bertz CT molecular complexity index is 750. The number of hydrogen-bond donors (Lipinski definition) is 2. The summed E-state index contributed by atoms with van der Waals surface area (Å²) in [6.45, 7) is 4.06. The van der Waals surface area contributed by atoms with Crippen molar-refractivity contribution in [2.45, 2.75) is 20.3 Å². The second-order valence-electron chi connectivity index (χ2n) is 5.13. The second-order valence-corrected chi connectivity index (χ2v) is 5.98. The van der Waals surface area contributed by atoms with Crippen LogP contribution in [0.25, 0.3) is 0 Å². The lowest BCUT2D eigenvalue weighted by molar-refractivity contribution is -0.142. The number of anilines is 3. The van der Waals surface area contributed by atoms with Crippen molar-refractivity contribution in [1.29, 1.82) is 0 Å². The molecule has 1 aromatic carbocycles. The Kier molecular flexibility index (Phi) is 6.88. The highest BCUT2D eigenvalue weighted by Gasteiger charge is 2.07. The molecule has 2 N–H and O–H groups in total. The van der Waals surface area contributed by atoms with E-state index in [2.05, 4.69) is 36.5 Å². The molecule has 0 fully saturated rings. The number of benzene rings is 1. The summed E-state index contributed by atoms with van der Waals surface area (Å²) in [6, 6.07) is 7.05. The van der Waals surface area contributed by atoms with E-state index in [1.165, 1.54) is 6.92 Å². The monoisotopic (exact) mass is 406 g/mol. The normalized spacial score (nSPS) is 10.2. The predicted octanol–water partition coefficient (Wildman–Crippen LogP) is 3.55. The van der Waals surface area contributed by atoms with E-state index in [0.717, 1.165) is 5.69 Å². The maximum Gasteiger partial charge on any atom is 0.307 e. The Morgan fingerprint density at radius 1 is 1.24 bits per heavy atom. The molecule has 7 nitrogen and oxygen atoms in total. The number of carbonyl (C=O) groups excluding carboxylic acids is 2. The SMILES string of the molecule is CCOC(=O)CCNc1nc(Nc2ccc(C(C)=O)cc2)ncc1Br. The highest BCUT2D eigenvalue weighted by atomic mass is 79.9. The number of hydrogen-bond acceptors (Lipinski definition) is 7. The fourth-order valence-electron chi connectivity index (χ4n) is 1.98. The minimum Gasteiger partial charge on any atom is -0.466 e. The molecule has 0 unspecified atom stereocenters. The van der Waals surface area contributed by atoms with E-state index in [1.807, 2.05) is 0 Å². The average molecular weight is 407 g/mol. The van der Waals surface area contributed by atoms with Gasteiger partial charge in [0.1, 0.15) is 5.82 Å². The number of nitrogens with zero attached hydrogens (tertiary/aromatic N) is 2. The molecule has 0 bridgehead atoms. The Labute approximate surface area is 154 Å². The molecule has 0 radical (unpaired) electrons. The van der Waals surface area contributed by atoms with Crippen molar-refractivity contribution >= 4 is 45.1 Å². The van der Waals surface area contributed by atoms with Crippen LogP contribution in [0.3, 0.4) is 0 Å². The number of Topliss-reactive ketones (excluding diaryl/α,β-unsaturated/α-hetero) is 1. The molecule has 0 saturated carbocycles. The van der Waals surface area contributed by atoms with E-state index in [1.54, 1.807) is 37.4 Å².